The van der Waals surface area contributed by atoms with Crippen molar-refractivity contribution in [2.45, 2.75) is 12.3 Å². The summed E-state index contributed by atoms with van der Waals surface area (Å²) < 4.78 is 0. The van der Waals surface area contributed by atoms with Gasteiger partial charge >= 0.3 is 0 Å². The maximum atomic E-state index is 6.02. The van der Waals surface area contributed by atoms with Crippen LogP contribution in [-0.2, 0) is 0 Å². The van der Waals surface area contributed by atoms with Crippen molar-refractivity contribution in [2.24, 2.45) is 0 Å². The Morgan fingerprint density at radius 1 is 0.962 bits per heavy atom. The van der Waals surface area contributed by atoms with Crippen LogP contribution in [0.4, 0.5) is 17.6 Å². The minimum absolute atomic E-state index is 0.353. The maximum absolute atomic E-state index is 6.02. The number of benzene rings is 1. The third-order valence-corrected chi connectivity index (χ3v) is 5.65. The molecule has 1 unspecified atom stereocenters. The highest BCUT2D eigenvalue weighted by molar-refractivity contribution is 6.30. The number of hydrogen-bond acceptors (Lipinski definition) is 6. The van der Waals surface area contributed by atoms with Crippen LogP contribution in [0.1, 0.15) is 17.9 Å². The fourth-order valence-corrected chi connectivity index (χ4v) is 3.90. The molecule has 7 heteroatoms. The average molecular weight is 373 g/mol. The van der Waals surface area contributed by atoms with Crippen molar-refractivity contribution in [3.63, 3.8) is 0 Å². The largest absolute Gasteiger partial charge is 0.368 e. The maximum Gasteiger partial charge on any atom is 0.223 e. The van der Waals surface area contributed by atoms with Crippen molar-refractivity contribution in [2.75, 3.05) is 61.8 Å². The van der Waals surface area contributed by atoms with E-state index >= 15 is 0 Å². The van der Waals surface area contributed by atoms with E-state index in [4.69, 9.17) is 17.3 Å². The first kappa shape index (κ1) is 17.4. The van der Waals surface area contributed by atoms with Crippen LogP contribution in [0.3, 0.4) is 0 Å². The van der Waals surface area contributed by atoms with Crippen molar-refractivity contribution < 1.29 is 0 Å². The summed E-state index contributed by atoms with van der Waals surface area (Å²) in [7, 11) is 2.15. The second-order valence-electron chi connectivity index (χ2n) is 7.22. The Hall–Kier alpha value is -2.05. The SMILES string of the molecule is CN1CCN(c2cc(N3CCC(c4ccc(Cl)cc4)C3)nc(N)n2)CC1. The van der Waals surface area contributed by atoms with Gasteiger partial charge in [0.15, 0.2) is 0 Å². The summed E-state index contributed by atoms with van der Waals surface area (Å²) in [5, 5.41) is 0.781. The standard InChI is InChI=1S/C19H25ClN6/c1-24-8-10-25(11-9-24)17-12-18(23-19(21)22-17)26-7-6-15(13-26)14-2-4-16(20)5-3-14/h2-5,12,15H,6-11,13H2,1H3,(H2,21,22,23). The van der Waals surface area contributed by atoms with Gasteiger partial charge in [-0.2, -0.15) is 9.97 Å². The van der Waals surface area contributed by atoms with Gasteiger partial charge in [-0.05, 0) is 31.2 Å². The predicted molar refractivity (Wildman–Crippen MR) is 107 cm³/mol. The van der Waals surface area contributed by atoms with Crippen LogP contribution in [0.15, 0.2) is 30.3 Å². The van der Waals surface area contributed by atoms with E-state index in [-0.39, 0.29) is 0 Å². The topological polar surface area (TPSA) is 61.5 Å². The molecule has 2 aromatic rings. The van der Waals surface area contributed by atoms with Crippen molar-refractivity contribution in [1.29, 1.82) is 0 Å². The number of nitrogens with two attached hydrogens (primary N) is 1. The molecule has 0 bridgehead atoms. The Kier molecular flexibility index (Phi) is 4.87. The molecule has 6 nitrogen and oxygen atoms in total. The summed E-state index contributed by atoms with van der Waals surface area (Å²) in [5.41, 5.74) is 7.35. The molecule has 2 fully saturated rings. The van der Waals surface area contributed by atoms with Crippen molar-refractivity contribution >= 4 is 29.2 Å². The molecular weight excluding hydrogens is 348 g/mol. The molecule has 0 aliphatic carbocycles. The summed E-state index contributed by atoms with van der Waals surface area (Å²) in [6.45, 7) is 5.95. The molecule has 3 heterocycles. The van der Waals surface area contributed by atoms with E-state index in [1.54, 1.807) is 0 Å². The normalized spacial score (nSPS) is 21.4. The first-order valence-corrected chi connectivity index (χ1v) is 9.55. The average Bonchev–Trinajstić information content (AvgIpc) is 3.12. The monoisotopic (exact) mass is 372 g/mol. The van der Waals surface area contributed by atoms with E-state index in [2.05, 4.69) is 49.9 Å². The summed E-state index contributed by atoms with van der Waals surface area (Å²) in [4.78, 5) is 15.9. The second-order valence-corrected chi connectivity index (χ2v) is 7.65. The number of halogens is 1. The van der Waals surface area contributed by atoms with Gasteiger partial charge < -0.3 is 20.4 Å². The van der Waals surface area contributed by atoms with E-state index in [9.17, 15) is 0 Å². The molecule has 4 rings (SSSR count). The summed E-state index contributed by atoms with van der Waals surface area (Å²) >= 11 is 6.01. The Bertz CT molecular complexity index is 757. The molecule has 0 saturated carbocycles. The van der Waals surface area contributed by atoms with Gasteiger partial charge in [0.25, 0.3) is 0 Å². The number of rotatable bonds is 3. The predicted octanol–water partition coefficient (Wildman–Crippen LogP) is 2.46. The molecule has 2 saturated heterocycles. The minimum Gasteiger partial charge on any atom is -0.368 e. The summed E-state index contributed by atoms with van der Waals surface area (Å²) in [6, 6.07) is 10.3. The highest BCUT2D eigenvalue weighted by atomic mass is 35.5. The van der Waals surface area contributed by atoms with E-state index in [1.165, 1.54) is 5.56 Å². The lowest BCUT2D eigenvalue weighted by molar-refractivity contribution is 0.312. The lowest BCUT2D eigenvalue weighted by Gasteiger charge is -2.33. The third kappa shape index (κ3) is 3.71. The molecule has 0 spiro atoms. The van der Waals surface area contributed by atoms with Gasteiger partial charge in [0.1, 0.15) is 11.6 Å². The summed E-state index contributed by atoms with van der Waals surface area (Å²) in [5.74, 6) is 2.72. The number of likely N-dealkylation sites (N-methyl/N-ethyl adjacent to an activating group) is 1. The Labute approximate surface area is 159 Å². The van der Waals surface area contributed by atoms with Gasteiger partial charge in [-0.15, -0.1) is 0 Å². The number of nitrogen functional groups attached to an aromatic ring is 1. The van der Waals surface area contributed by atoms with E-state index in [1.807, 2.05) is 12.1 Å². The third-order valence-electron chi connectivity index (χ3n) is 5.40. The zero-order valence-electron chi connectivity index (χ0n) is 15.1. The van der Waals surface area contributed by atoms with E-state index in [0.717, 1.165) is 62.3 Å². The van der Waals surface area contributed by atoms with Gasteiger partial charge in [0.2, 0.25) is 5.95 Å². The number of anilines is 3. The fraction of sp³-hybridized carbons (Fsp3) is 0.474. The number of nitrogens with zero attached hydrogens (tertiary/aromatic N) is 5. The van der Waals surface area contributed by atoms with Crippen molar-refractivity contribution in [3.8, 4) is 0 Å². The smallest absolute Gasteiger partial charge is 0.223 e. The first-order chi connectivity index (χ1) is 12.6. The van der Waals surface area contributed by atoms with Crippen LogP contribution in [0.5, 0.6) is 0 Å². The molecule has 2 N–H and O–H groups in total. The van der Waals surface area contributed by atoms with Gasteiger partial charge in [0.05, 0.1) is 0 Å². The summed E-state index contributed by atoms with van der Waals surface area (Å²) in [6.07, 6.45) is 1.11. The van der Waals surface area contributed by atoms with Crippen LogP contribution in [0, 0.1) is 0 Å². The first-order valence-electron chi connectivity index (χ1n) is 9.17. The van der Waals surface area contributed by atoms with E-state index in [0.29, 0.717) is 11.9 Å². The molecule has 2 aliphatic heterocycles. The highest BCUT2D eigenvalue weighted by Gasteiger charge is 2.26. The van der Waals surface area contributed by atoms with Crippen molar-refractivity contribution in [1.82, 2.24) is 14.9 Å². The van der Waals surface area contributed by atoms with Gasteiger partial charge in [0, 0.05) is 56.3 Å². The van der Waals surface area contributed by atoms with Crippen LogP contribution < -0.4 is 15.5 Å². The molecule has 1 aromatic carbocycles. The van der Waals surface area contributed by atoms with Crippen LogP contribution in [0.25, 0.3) is 0 Å². The lowest BCUT2D eigenvalue weighted by atomic mass is 9.99. The Balaban J connectivity index is 1.50. The van der Waals surface area contributed by atoms with Gasteiger partial charge in [-0.3, -0.25) is 0 Å². The molecule has 138 valence electrons. The fourth-order valence-electron chi connectivity index (χ4n) is 3.77. The van der Waals surface area contributed by atoms with E-state index < -0.39 is 0 Å². The molecule has 1 atom stereocenters. The second kappa shape index (κ2) is 7.29. The van der Waals surface area contributed by atoms with Crippen LogP contribution in [0.2, 0.25) is 5.02 Å². The lowest BCUT2D eigenvalue weighted by Crippen LogP contribution is -2.45. The number of hydrogen-bond donors (Lipinski definition) is 1. The van der Waals surface area contributed by atoms with Gasteiger partial charge in [-0.25, -0.2) is 0 Å². The Morgan fingerprint density at radius 3 is 2.31 bits per heavy atom. The quantitative estimate of drug-likeness (QED) is 0.893. The Morgan fingerprint density at radius 2 is 1.62 bits per heavy atom. The molecule has 0 radical (unpaired) electrons. The minimum atomic E-state index is 0.353. The van der Waals surface area contributed by atoms with Crippen molar-refractivity contribution in [3.05, 3.63) is 40.9 Å². The molecule has 2 aliphatic rings. The number of piperazine rings is 1. The zero-order chi connectivity index (χ0) is 18.1. The number of aromatic nitrogens is 2. The van der Waals surface area contributed by atoms with Crippen LogP contribution >= 0.6 is 11.6 Å². The molecule has 0 amide bonds. The zero-order valence-corrected chi connectivity index (χ0v) is 15.9. The van der Waals surface area contributed by atoms with Crippen LogP contribution in [-0.4, -0.2) is 61.2 Å². The van der Waals surface area contributed by atoms with Gasteiger partial charge in [-0.1, -0.05) is 23.7 Å². The molecular formula is C19H25ClN6. The highest BCUT2D eigenvalue weighted by Crippen LogP contribution is 2.32. The molecule has 1 aromatic heterocycles. The molecule has 26 heavy (non-hydrogen) atoms.